The highest BCUT2D eigenvalue weighted by atomic mass is 16.6. The number of aliphatic hydroxyl groups is 1. The lowest BCUT2D eigenvalue weighted by Crippen LogP contribution is -2.16. The van der Waals surface area contributed by atoms with Gasteiger partial charge in [0.15, 0.2) is 23.0 Å². The highest BCUT2D eigenvalue weighted by Gasteiger charge is 2.24. The van der Waals surface area contributed by atoms with Gasteiger partial charge in [-0.15, -0.1) is 0 Å². The van der Waals surface area contributed by atoms with Crippen molar-refractivity contribution in [3.63, 3.8) is 0 Å². The van der Waals surface area contributed by atoms with E-state index in [-0.39, 0.29) is 48.2 Å². The van der Waals surface area contributed by atoms with Gasteiger partial charge in [-0.25, -0.2) is 0 Å². The molecule has 0 aliphatic carbocycles. The number of rotatable bonds is 25. The second kappa shape index (κ2) is 21.3. The lowest BCUT2D eigenvalue weighted by molar-refractivity contribution is -0.0147. The minimum atomic E-state index is -0.752. The van der Waals surface area contributed by atoms with Crippen LogP contribution in [0.5, 0.6) is 28.7 Å². The number of carbonyl (C=O) groups excluding carboxylic acids is 2. The summed E-state index contributed by atoms with van der Waals surface area (Å²) in [5.41, 5.74) is 0.228. The number of benzene rings is 2. The van der Waals surface area contributed by atoms with Gasteiger partial charge in [-0.3, -0.25) is 9.59 Å². The fraction of sp³-hybridized carbons (Fsp3) is 0.533. The van der Waals surface area contributed by atoms with Gasteiger partial charge in [0.25, 0.3) is 0 Å². The van der Waals surface area contributed by atoms with Crippen LogP contribution in [0.2, 0.25) is 0 Å². The Bertz CT molecular complexity index is 1080. The summed E-state index contributed by atoms with van der Waals surface area (Å²) < 4.78 is 53.9. The smallest absolute Gasteiger partial charge is 0.233 e. The lowest BCUT2D eigenvalue weighted by atomic mass is 10.0. The molecule has 0 unspecified atom stereocenters. The Labute approximate surface area is 251 Å². The molecule has 0 aliphatic rings. The highest BCUT2D eigenvalue weighted by Crippen LogP contribution is 2.39. The van der Waals surface area contributed by atoms with E-state index in [1.54, 1.807) is 6.07 Å². The molecule has 0 aromatic heterocycles. The minimum absolute atomic E-state index is 0.000632. The van der Waals surface area contributed by atoms with Gasteiger partial charge in [-0.2, -0.15) is 0 Å². The van der Waals surface area contributed by atoms with Crippen LogP contribution in [-0.4, -0.2) is 124 Å². The Hall–Kier alpha value is -3.46. The topological polar surface area (TPSA) is 147 Å². The third kappa shape index (κ3) is 12.4. The van der Waals surface area contributed by atoms with Crippen molar-refractivity contribution < 1.29 is 62.1 Å². The average Bonchev–Trinajstić information content (AvgIpc) is 3.04. The van der Waals surface area contributed by atoms with Crippen molar-refractivity contribution in [1.82, 2.24) is 0 Å². The van der Waals surface area contributed by atoms with Gasteiger partial charge in [0, 0.05) is 11.1 Å². The van der Waals surface area contributed by atoms with Crippen LogP contribution in [0.25, 0.3) is 0 Å². The van der Waals surface area contributed by atoms with Crippen molar-refractivity contribution in [3.8, 4) is 28.7 Å². The van der Waals surface area contributed by atoms with Crippen LogP contribution in [-0.2, 0) is 23.7 Å². The Kier molecular flexibility index (Phi) is 17.7. The number of carbonyl (C=O) groups is 2. The summed E-state index contributed by atoms with van der Waals surface area (Å²) >= 11 is 0. The van der Waals surface area contributed by atoms with Gasteiger partial charge < -0.3 is 52.5 Å². The zero-order valence-corrected chi connectivity index (χ0v) is 25.2. The number of ether oxygens (including phenoxy) is 10. The average molecular weight is 611 g/mol. The maximum Gasteiger partial charge on any atom is 0.233 e. The van der Waals surface area contributed by atoms with E-state index in [1.165, 1.54) is 52.7 Å². The summed E-state index contributed by atoms with van der Waals surface area (Å²) in [5, 5.41) is 8.60. The van der Waals surface area contributed by atoms with Crippen molar-refractivity contribution in [2.45, 2.75) is 0 Å². The number of Topliss-reactive ketones (excluding diaryl/α,β-unsaturated/α-hetero) is 2. The van der Waals surface area contributed by atoms with E-state index in [2.05, 4.69) is 0 Å². The first-order valence-corrected chi connectivity index (χ1v) is 13.7. The predicted octanol–water partition coefficient (Wildman–Crippen LogP) is 2.24. The molecule has 0 spiro atoms. The number of hydrogen-bond acceptors (Lipinski definition) is 13. The molecule has 0 saturated carbocycles. The zero-order chi connectivity index (χ0) is 31.3. The highest BCUT2D eigenvalue weighted by molar-refractivity contribution is 6.49. The van der Waals surface area contributed by atoms with E-state index in [4.69, 9.17) is 52.5 Å². The number of methoxy groups -OCH3 is 4. The van der Waals surface area contributed by atoms with E-state index in [0.717, 1.165) is 0 Å². The Balaban J connectivity index is 1.73. The van der Waals surface area contributed by atoms with E-state index in [1.807, 2.05) is 0 Å². The quantitative estimate of drug-likeness (QED) is 0.0997. The van der Waals surface area contributed by atoms with E-state index < -0.39 is 11.6 Å². The number of ketones is 2. The Morgan fingerprint density at radius 3 is 1.35 bits per heavy atom. The largest absolute Gasteiger partial charge is 0.493 e. The second-order valence-corrected chi connectivity index (χ2v) is 8.57. The summed E-state index contributed by atoms with van der Waals surface area (Å²) in [4.78, 5) is 26.0. The molecule has 240 valence electrons. The van der Waals surface area contributed by atoms with E-state index >= 15 is 0 Å². The monoisotopic (exact) mass is 610 g/mol. The molecule has 0 atom stereocenters. The molecule has 43 heavy (non-hydrogen) atoms. The molecular weight excluding hydrogens is 568 g/mol. The number of hydrogen-bond donors (Lipinski definition) is 1. The lowest BCUT2D eigenvalue weighted by Gasteiger charge is -2.16. The molecule has 2 rings (SSSR count). The third-order valence-electron chi connectivity index (χ3n) is 5.77. The molecule has 0 saturated heterocycles. The third-order valence-corrected chi connectivity index (χ3v) is 5.77. The molecule has 13 nitrogen and oxygen atoms in total. The first kappa shape index (κ1) is 35.7. The van der Waals surface area contributed by atoms with Gasteiger partial charge in [-0.05, 0) is 30.3 Å². The Morgan fingerprint density at radius 1 is 0.512 bits per heavy atom. The fourth-order valence-corrected chi connectivity index (χ4v) is 3.64. The van der Waals surface area contributed by atoms with Crippen LogP contribution in [0.15, 0.2) is 30.3 Å². The molecule has 13 heteroatoms. The van der Waals surface area contributed by atoms with E-state index in [9.17, 15) is 9.59 Å². The first-order chi connectivity index (χ1) is 21.0. The molecule has 2 aromatic rings. The summed E-state index contributed by atoms with van der Waals surface area (Å²) in [5.74, 6) is 0.0226. The molecule has 0 fully saturated rings. The molecule has 0 amide bonds. The van der Waals surface area contributed by atoms with Gasteiger partial charge in [-0.1, -0.05) is 0 Å². The van der Waals surface area contributed by atoms with Crippen LogP contribution in [0, 0.1) is 0 Å². The van der Waals surface area contributed by atoms with Crippen LogP contribution >= 0.6 is 0 Å². The molecular formula is C30H42O13. The summed E-state index contributed by atoms with van der Waals surface area (Å²) in [7, 11) is 5.77. The maximum absolute atomic E-state index is 13.0. The second-order valence-electron chi connectivity index (χ2n) is 8.57. The molecule has 0 bridgehead atoms. The van der Waals surface area contributed by atoms with Crippen molar-refractivity contribution in [3.05, 3.63) is 41.5 Å². The van der Waals surface area contributed by atoms with E-state index in [0.29, 0.717) is 71.0 Å². The van der Waals surface area contributed by atoms with Gasteiger partial charge in [0.1, 0.15) is 6.61 Å². The minimum Gasteiger partial charge on any atom is -0.493 e. The van der Waals surface area contributed by atoms with Crippen LogP contribution < -0.4 is 23.7 Å². The molecule has 1 N–H and O–H groups in total. The fourth-order valence-electron chi connectivity index (χ4n) is 3.64. The normalized spacial score (nSPS) is 10.8. The van der Waals surface area contributed by atoms with Gasteiger partial charge in [0.05, 0.1) is 101 Å². The SMILES string of the molecule is COc1ccc(C(=O)C(=O)c2cc(OC)c(OCCOCCOCCOCCOCCOCCO)c(OC)c2)cc1OC. The first-order valence-electron chi connectivity index (χ1n) is 13.7. The number of aliphatic hydroxyl groups excluding tert-OH is 1. The van der Waals surface area contributed by atoms with Gasteiger partial charge in [0.2, 0.25) is 17.3 Å². The molecule has 0 heterocycles. The summed E-state index contributed by atoms with van der Waals surface area (Å²) in [6, 6.07) is 7.35. The van der Waals surface area contributed by atoms with Crippen molar-refractivity contribution in [1.29, 1.82) is 0 Å². The zero-order valence-electron chi connectivity index (χ0n) is 25.2. The molecule has 0 radical (unpaired) electrons. The van der Waals surface area contributed by atoms with Crippen molar-refractivity contribution in [2.75, 3.05) is 108 Å². The molecule has 0 aliphatic heterocycles. The van der Waals surface area contributed by atoms with Crippen LogP contribution in [0.1, 0.15) is 20.7 Å². The summed E-state index contributed by atoms with van der Waals surface area (Å²) in [6.07, 6.45) is 0. The maximum atomic E-state index is 13.0. The standard InChI is InChI=1S/C30H42O13/c1-34-24-6-5-22(19-25(24)35-2)28(32)29(33)23-20-26(36-3)30(27(21-23)37-4)43-18-17-42-16-15-41-14-13-40-12-11-39-10-9-38-8-7-31/h5-6,19-21,31H,7-18H2,1-4H3. The van der Waals surface area contributed by atoms with Crippen LogP contribution in [0.4, 0.5) is 0 Å². The van der Waals surface area contributed by atoms with Crippen molar-refractivity contribution in [2.24, 2.45) is 0 Å². The molecule has 2 aromatic carbocycles. The predicted molar refractivity (Wildman–Crippen MR) is 154 cm³/mol. The summed E-state index contributed by atoms with van der Waals surface area (Å²) in [6.45, 7) is 4.16. The van der Waals surface area contributed by atoms with Gasteiger partial charge >= 0.3 is 0 Å². The Morgan fingerprint density at radius 2 is 0.907 bits per heavy atom. The van der Waals surface area contributed by atoms with Crippen molar-refractivity contribution >= 4 is 11.6 Å². The van der Waals surface area contributed by atoms with Crippen LogP contribution in [0.3, 0.4) is 0 Å².